The van der Waals surface area contributed by atoms with Crippen LogP contribution in [-0.4, -0.2) is 21.1 Å². The van der Waals surface area contributed by atoms with Crippen LogP contribution in [0.5, 0.6) is 0 Å². The molecule has 3 aromatic rings. The normalized spacial score (nSPS) is 17.1. The monoisotopic (exact) mass is 560 g/mol. The highest BCUT2D eigenvalue weighted by molar-refractivity contribution is 14.1. The molecule has 4 heteroatoms. The number of hydrogen-bond acceptors (Lipinski definition) is 0. The number of allylic oxidation sites excluding steroid dienone is 3. The van der Waals surface area contributed by atoms with Gasteiger partial charge in [0, 0.05) is 32.9 Å². The Morgan fingerprint density at radius 2 is 1.35 bits per heavy atom. The second kappa shape index (κ2) is 8.40. The van der Waals surface area contributed by atoms with Crippen molar-refractivity contribution in [1.82, 2.24) is 4.48 Å². The van der Waals surface area contributed by atoms with Gasteiger partial charge in [-0.2, -0.15) is 0 Å². The number of benzene rings is 2. The molecular weight excluding hydrogens is 526 g/mol. The lowest BCUT2D eigenvalue weighted by molar-refractivity contribution is -0.331. The van der Waals surface area contributed by atoms with Crippen molar-refractivity contribution in [2.45, 2.75) is 54.9 Å². The first kappa shape index (κ1) is 23.4. The van der Waals surface area contributed by atoms with Gasteiger partial charge in [-0.05, 0) is 73.9 Å². The molecule has 2 aromatic carbocycles. The van der Waals surface area contributed by atoms with E-state index in [1.165, 1.54) is 59.6 Å². The fourth-order valence-corrected chi connectivity index (χ4v) is 7.06. The Morgan fingerprint density at radius 1 is 0.824 bits per heavy atom. The Bertz CT molecular complexity index is 1350. The van der Waals surface area contributed by atoms with E-state index in [-0.39, 0.29) is 0 Å². The van der Waals surface area contributed by atoms with Gasteiger partial charge in [-0.1, -0.05) is 74.5 Å². The summed E-state index contributed by atoms with van der Waals surface area (Å²) in [7, 11) is 0. The molecule has 2 aliphatic heterocycles. The summed E-state index contributed by atoms with van der Waals surface area (Å²) >= 11 is 2.58. The minimum Gasteiger partial charge on any atom is -0.450 e. The predicted molar refractivity (Wildman–Crippen MR) is 156 cm³/mol. The maximum absolute atomic E-state index is 2.72. The Morgan fingerprint density at radius 3 is 1.85 bits per heavy atom. The zero-order valence-corrected chi connectivity index (χ0v) is 23.6. The van der Waals surface area contributed by atoms with Gasteiger partial charge in [0.1, 0.15) is 5.71 Å². The number of aromatic nitrogens is 1. The van der Waals surface area contributed by atoms with Crippen molar-refractivity contribution in [1.29, 1.82) is 0 Å². The van der Waals surface area contributed by atoms with Crippen molar-refractivity contribution in [3.05, 3.63) is 98.0 Å². The molecule has 2 aliphatic rings. The number of halogens is 1. The lowest BCUT2D eigenvalue weighted by atomic mass is 9.35. The molecule has 0 radical (unpaired) electrons. The quantitative estimate of drug-likeness (QED) is 0.258. The van der Waals surface area contributed by atoms with Gasteiger partial charge in [-0.25, -0.2) is 0 Å². The van der Waals surface area contributed by atoms with Gasteiger partial charge >= 0.3 is 6.42 Å². The Hall–Kier alpha value is -2.34. The first-order valence-corrected chi connectivity index (χ1v) is 13.5. The fraction of sp³-hybridized carbons (Fsp3) is 0.300. The highest BCUT2D eigenvalue weighted by Crippen LogP contribution is 2.45. The number of rotatable bonds is 4. The summed E-state index contributed by atoms with van der Waals surface area (Å²) < 4.78 is 6.82. The van der Waals surface area contributed by atoms with Gasteiger partial charge in [-0.3, -0.25) is 0 Å². The molecule has 0 saturated carbocycles. The van der Waals surface area contributed by atoms with E-state index in [0.29, 0.717) is 5.92 Å². The van der Waals surface area contributed by atoms with E-state index >= 15 is 0 Å². The van der Waals surface area contributed by atoms with Crippen molar-refractivity contribution in [3.63, 3.8) is 0 Å². The number of nitrogens with zero attached hydrogens (tertiary/aromatic N) is 2. The summed E-state index contributed by atoms with van der Waals surface area (Å²) in [5.74, 6) is 0.576. The number of hydrogen-bond donors (Lipinski definition) is 0. The molecule has 0 aliphatic carbocycles. The van der Waals surface area contributed by atoms with Crippen LogP contribution in [0.15, 0.2) is 77.5 Å². The summed E-state index contributed by atoms with van der Waals surface area (Å²) in [5, 5.41) is 0. The summed E-state index contributed by atoms with van der Waals surface area (Å²) in [4.78, 5) is 0. The molecule has 3 heterocycles. The van der Waals surface area contributed by atoms with E-state index < -0.39 is 6.42 Å². The number of fused-ring (bicyclic) bond motifs is 2. The fourth-order valence-electron chi connectivity index (χ4n) is 6.55. The van der Waals surface area contributed by atoms with E-state index in [1.807, 2.05) is 0 Å². The molecule has 5 rings (SSSR count). The van der Waals surface area contributed by atoms with Gasteiger partial charge in [-0.15, -0.1) is 10.9 Å². The van der Waals surface area contributed by atoms with Gasteiger partial charge in [0.25, 0.3) is 0 Å². The first-order valence-electron chi connectivity index (χ1n) is 12.4. The van der Waals surface area contributed by atoms with E-state index in [9.17, 15) is 0 Å². The average Bonchev–Trinajstić information content (AvgIpc) is 3.21. The van der Waals surface area contributed by atoms with Crippen molar-refractivity contribution >= 4 is 51.2 Å². The van der Waals surface area contributed by atoms with Crippen molar-refractivity contribution in [3.8, 4) is 0 Å². The van der Waals surface area contributed by atoms with Crippen LogP contribution < -0.4 is 10.9 Å². The van der Waals surface area contributed by atoms with Crippen LogP contribution in [0.2, 0.25) is 0 Å². The molecule has 1 aromatic heterocycles. The topological polar surface area (TPSA) is 7.94 Å². The second-order valence-corrected chi connectivity index (χ2v) is 11.5. The molecule has 0 bridgehead atoms. The van der Waals surface area contributed by atoms with Gasteiger partial charge in [0.2, 0.25) is 0 Å². The zero-order valence-electron chi connectivity index (χ0n) is 21.4. The molecule has 2 nitrogen and oxygen atoms in total. The van der Waals surface area contributed by atoms with Crippen molar-refractivity contribution < 1.29 is 4.49 Å². The van der Waals surface area contributed by atoms with Crippen LogP contribution in [0.3, 0.4) is 0 Å². The van der Waals surface area contributed by atoms with E-state index in [1.54, 1.807) is 0 Å². The summed E-state index contributed by atoms with van der Waals surface area (Å²) in [6, 6.07) is 22.4. The molecule has 34 heavy (non-hydrogen) atoms. The Kier molecular flexibility index (Phi) is 5.79. The van der Waals surface area contributed by atoms with Crippen LogP contribution in [0.25, 0.3) is 5.57 Å². The van der Waals surface area contributed by atoms with Crippen molar-refractivity contribution in [2.75, 3.05) is 0 Å². The van der Waals surface area contributed by atoms with Gasteiger partial charge < -0.3 is 8.96 Å². The van der Waals surface area contributed by atoms with Crippen LogP contribution in [0, 0.1) is 23.3 Å². The average molecular weight is 560 g/mol. The zero-order chi connectivity index (χ0) is 24.4. The summed E-state index contributed by atoms with van der Waals surface area (Å²) in [6.07, 6.45) is -0.403. The lowest BCUT2D eigenvalue weighted by Crippen LogP contribution is -2.73. The second-order valence-electron chi connectivity index (χ2n) is 10.5. The molecule has 0 saturated heterocycles. The summed E-state index contributed by atoms with van der Waals surface area (Å²) in [6.45, 7) is 16.3. The van der Waals surface area contributed by atoms with Gasteiger partial charge in [0.15, 0.2) is 5.70 Å². The maximum atomic E-state index is 2.72. The Labute approximate surface area is 218 Å². The first-order chi connectivity index (χ1) is 16.2. The third kappa shape index (κ3) is 3.03. The third-order valence-electron chi connectivity index (χ3n) is 8.13. The SMILES string of the molecule is CC1=C(C)C(C)=[N+]2C1=C(CC(C)C)c1c(C)c(I)c(C)n1[B-]2(c1ccccc1)c1ccccc1. The molecule has 0 spiro atoms. The van der Waals surface area contributed by atoms with Crippen LogP contribution in [0.4, 0.5) is 0 Å². The molecule has 174 valence electrons. The standard InChI is InChI=1S/C30H34BIN2/c1-19(2)18-27-29-21(4)20(3)23(6)33(29)31(25-14-10-8-11-15-25,26-16-12-9-13-17-26)34-24(7)28(32)22(5)30(27)34/h8-17,19H,18H2,1-7H3. The highest BCUT2D eigenvalue weighted by atomic mass is 127. The summed E-state index contributed by atoms with van der Waals surface area (Å²) in [5.41, 5.74) is 14.0. The molecule has 0 unspecified atom stereocenters. The van der Waals surface area contributed by atoms with Crippen LogP contribution in [0.1, 0.15) is 58.0 Å². The minimum absolute atomic E-state index is 0.576. The minimum atomic E-state index is -1.47. The highest BCUT2D eigenvalue weighted by Gasteiger charge is 2.54. The predicted octanol–water partition coefficient (Wildman–Crippen LogP) is 6.41. The van der Waals surface area contributed by atoms with E-state index in [2.05, 4.69) is 141 Å². The molecule has 0 fully saturated rings. The lowest BCUT2D eigenvalue weighted by Gasteiger charge is -2.46. The van der Waals surface area contributed by atoms with Gasteiger partial charge in [0.05, 0.1) is 0 Å². The maximum Gasteiger partial charge on any atom is 0.435 e. The molecular formula is C30H34BIN2. The van der Waals surface area contributed by atoms with Crippen LogP contribution in [-0.2, 0) is 0 Å². The Balaban J connectivity index is 2.07. The largest absolute Gasteiger partial charge is 0.450 e. The smallest absolute Gasteiger partial charge is 0.435 e. The van der Waals surface area contributed by atoms with E-state index in [4.69, 9.17) is 0 Å². The van der Waals surface area contributed by atoms with Crippen LogP contribution >= 0.6 is 22.6 Å². The van der Waals surface area contributed by atoms with E-state index in [0.717, 1.165) is 6.42 Å². The van der Waals surface area contributed by atoms with Crippen molar-refractivity contribution in [2.24, 2.45) is 5.92 Å². The molecule has 0 atom stereocenters. The molecule has 0 N–H and O–H groups in total. The molecule has 0 amide bonds. The third-order valence-corrected chi connectivity index (χ3v) is 9.72.